The summed E-state index contributed by atoms with van der Waals surface area (Å²) in [5.74, 6) is 0.572. The predicted molar refractivity (Wildman–Crippen MR) is 49.7 cm³/mol. The average molecular weight is 169 g/mol. The van der Waals surface area contributed by atoms with Crippen molar-refractivity contribution in [3.05, 3.63) is 0 Å². The van der Waals surface area contributed by atoms with Crippen LogP contribution in [0.25, 0.3) is 0 Å². The summed E-state index contributed by atoms with van der Waals surface area (Å²) in [5, 5.41) is 8.50. The molecule has 0 aromatic rings. The minimum Gasteiger partial charge on any atom is -0.381 e. The van der Waals surface area contributed by atoms with Crippen LogP contribution < -0.4 is 0 Å². The second-order valence-corrected chi connectivity index (χ2v) is 4.41. The number of hydrogen-bond donors (Lipinski definition) is 0. The lowest BCUT2D eigenvalue weighted by atomic mass is 9.91. The third kappa shape index (κ3) is 6.18. The topological polar surface area (TPSA) is 33.0 Å². The zero-order chi connectivity index (χ0) is 9.61. The molecule has 0 saturated heterocycles. The van der Waals surface area contributed by atoms with Crippen LogP contribution in [0, 0.1) is 22.7 Å². The maximum Gasteiger partial charge on any atom is 0.0628 e. The van der Waals surface area contributed by atoms with Gasteiger partial charge >= 0.3 is 0 Å². The summed E-state index contributed by atoms with van der Waals surface area (Å²) in [5.41, 5.74) is 0.00361. The zero-order valence-electron chi connectivity index (χ0n) is 8.55. The van der Waals surface area contributed by atoms with Gasteiger partial charge in [-0.3, -0.25) is 0 Å². The molecule has 0 rings (SSSR count). The average Bonchev–Trinajstić information content (AvgIpc) is 1.85. The van der Waals surface area contributed by atoms with Gasteiger partial charge in [-0.25, -0.2) is 0 Å². The van der Waals surface area contributed by atoms with Gasteiger partial charge in [0.1, 0.15) is 0 Å². The molecule has 0 aliphatic rings. The molecule has 0 atom stereocenters. The fourth-order valence-electron chi connectivity index (χ4n) is 0.836. The lowest BCUT2D eigenvalue weighted by molar-refractivity contribution is 0.0486. The Bertz CT molecular complexity index is 156. The van der Waals surface area contributed by atoms with Gasteiger partial charge in [0.25, 0.3) is 0 Å². The van der Waals surface area contributed by atoms with E-state index in [1.165, 1.54) is 0 Å². The molecule has 0 aliphatic carbocycles. The second-order valence-electron chi connectivity index (χ2n) is 4.41. The smallest absolute Gasteiger partial charge is 0.0628 e. The van der Waals surface area contributed by atoms with Crippen molar-refractivity contribution in [1.82, 2.24) is 0 Å². The van der Waals surface area contributed by atoms with Crippen LogP contribution in [0.4, 0.5) is 0 Å². The number of rotatable bonds is 5. The van der Waals surface area contributed by atoms with E-state index in [4.69, 9.17) is 10.00 Å². The molecule has 0 radical (unpaired) electrons. The largest absolute Gasteiger partial charge is 0.381 e. The van der Waals surface area contributed by atoms with E-state index in [9.17, 15) is 0 Å². The summed E-state index contributed by atoms with van der Waals surface area (Å²) in [6.07, 6.45) is 0.561. The molecule has 0 aliphatic heterocycles. The van der Waals surface area contributed by atoms with Crippen molar-refractivity contribution in [2.75, 3.05) is 13.2 Å². The van der Waals surface area contributed by atoms with Crippen molar-refractivity contribution in [2.45, 2.75) is 34.1 Å². The number of hydrogen-bond acceptors (Lipinski definition) is 2. The van der Waals surface area contributed by atoms with E-state index in [1.54, 1.807) is 0 Å². The van der Waals surface area contributed by atoms with Crippen LogP contribution in [0.3, 0.4) is 0 Å². The van der Waals surface area contributed by atoms with E-state index in [1.807, 2.05) is 0 Å². The third-order valence-corrected chi connectivity index (χ3v) is 1.50. The number of nitriles is 1. The van der Waals surface area contributed by atoms with Gasteiger partial charge in [0.05, 0.1) is 12.7 Å². The fraction of sp³-hybridized carbons (Fsp3) is 0.900. The molecule has 0 unspecified atom stereocenters. The molecule has 0 heterocycles. The van der Waals surface area contributed by atoms with E-state index in [2.05, 4.69) is 33.8 Å². The number of nitrogens with zero attached hydrogens (tertiary/aromatic N) is 1. The van der Waals surface area contributed by atoms with Gasteiger partial charge in [-0.15, -0.1) is 0 Å². The van der Waals surface area contributed by atoms with Crippen molar-refractivity contribution in [3.63, 3.8) is 0 Å². The van der Waals surface area contributed by atoms with Gasteiger partial charge < -0.3 is 4.74 Å². The second kappa shape index (κ2) is 5.16. The lowest BCUT2D eigenvalue weighted by Crippen LogP contribution is -2.20. The van der Waals surface area contributed by atoms with Gasteiger partial charge in [0, 0.05) is 18.4 Å². The van der Waals surface area contributed by atoms with Crippen LogP contribution in [0.2, 0.25) is 0 Å². The van der Waals surface area contributed by atoms with Crippen molar-refractivity contribution in [3.8, 4) is 6.07 Å². The van der Waals surface area contributed by atoms with Crippen LogP contribution >= 0.6 is 0 Å². The van der Waals surface area contributed by atoms with E-state index >= 15 is 0 Å². The van der Waals surface area contributed by atoms with E-state index in [0.717, 1.165) is 6.61 Å². The molecule has 2 heteroatoms. The van der Waals surface area contributed by atoms with Crippen LogP contribution in [-0.2, 0) is 4.74 Å². The molecule has 2 nitrogen and oxygen atoms in total. The van der Waals surface area contributed by atoms with Crippen LogP contribution in [-0.4, -0.2) is 13.2 Å². The van der Waals surface area contributed by atoms with Crippen molar-refractivity contribution in [2.24, 2.45) is 11.3 Å². The maximum atomic E-state index is 8.50. The Kier molecular flexibility index (Phi) is 4.92. The van der Waals surface area contributed by atoms with E-state index < -0.39 is 0 Å². The lowest BCUT2D eigenvalue weighted by Gasteiger charge is -2.21. The highest BCUT2D eigenvalue weighted by atomic mass is 16.5. The minimum atomic E-state index is 0.00361. The zero-order valence-corrected chi connectivity index (χ0v) is 8.55. The summed E-state index contributed by atoms with van der Waals surface area (Å²) in [6, 6.07) is 2.17. The molecule has 0 aromatic heterocycles. The number of ether oxygens (including phenoxy) is 1. The van der Waals surface area contributed by atoms with Gasteiger partial charge in [-0.1, -0.05) is 27.7 Å². The summed E-state index contributed by atoms with van der Waals surface area (Å²) in [7, 11) is 0. The maximum absolute atomic E-state index is 8.50. The van der Waals surface area contributed by atoms with Crippen LogP contribution in [0.15, 0.2) is 0 Å². The van der Waals surface area contributed by atoms with Gasteiger partial charge in [0.15, 0.2) is 0 Å². The summed E-state index contributed by atoms with van der Waals surface area (Å²) in [4.78, 5) is 0. The Labute approximate surface area is 75.5 Å². The Morgan fingerprint density at radius 2 is 2.00 bits per heavy atom. The van der Waals surface area contributed by atoms with Crippen molar-refractivity contribution >= 4 is 0 Å². The molecular weight excluding hydrogens is 150 g/mol. The normalized spacial score (nSPS) is 11.7. The standard InChI is InChI=1S/C10H19NO/c1-9(2)7-12-8-10(3,4)5-6-11/h9H,5,7-8H2,1-4H3. The molecule has 12 heavy (non-hydrogen) atoms. The third-order valence-electron chi connectivity index (χ3n) is 1.50. The highest BCUT2D eigenvalue weighted by molar-refractivity contribution is 4.81. The molecule has 0 aromatic carbocycles. The molecule has 0 N–H and O–H groups in total. The van der Waals surface area contributed by atoms with E-state index in [-0.39, 0.29) is 5.41 Å². The Hall–Kier alpha value is -0.550. The molecular formula is C10H19NO. The first-order chi connectivity index (χ1) is 5.48. The monoisotopic (exact) mass is 169 g/mol. The molecule has 70 valence electrons. The molecule has 0 bridgehead atoms. The van der Waals surface area contributed by atoms with Crippen molar-refractivity contribution in [1.29, 1.82) is 5.26 Å². The van der Waals surface area contributed by atoms with Gasteiger partial charge in [-0.2, -0.15) is 5.26 Å². The first kappa shape index (κ1) is 11.4. The molecule has 0 fully saturated rings. The quantitative estimate of drug-likeness (QED) is 0.633. The predicted octanol–water partition coefficient (Wildman–Crippen LogP) is 2.60. The summed E-state index contributed by atoms with van der Waals surface area (Å²) < 4.78 is 5.46. The van der Waals surface area contributed by atoms with Crippen LogP contribution in [0.5, 0.6) is 0 Å². The molecule has 0 saturated carbocycles. The van der Waals surface area contributed by atoms with Crippen LogP contribution in [0.1, 0.15) is 34.1 Å². The van der Waals surface area contributed by atoms with E-state index in [0.29, 0.717) is 18.9 Å². The highest BCUT2D eigenvalue weighted by Gasteiger charge is 2.17. The Morgan fingerprint density at radius 3 is 2.42 bits per heavy atom. The fourth-order valence-corrected chi connectivity index (χ4v) is 0.836. The molecule has 0 amide bonds. The Balaban J connectivity index is 3.55. The summed E-state index contributed by atoms with van der Waals surface area (Å²) in [6.45, 7) is 9.81. The van der Waals surface area contributed by atoms with Gasteiger partial charge in [-0.05, 0) is 5.92 Å². The SMILES string of the molecule is CC(C)COCC(C)(C)CC#N. The first-order valence-corrected chi connectivity index (χ1v) is 4.42. The van der Waals surface area contributed by atoms with Crippen molar-refractivity contribution < 1.29 is 4.74 Å². The molecule has 0 spiro atoms. The minimum absolute atomic E-state index is 0.00361. The van der Waals surface area contributed by atoms with Gasteiger partial charge in [0.2, 0.25) is 0 Å². The summed E-state index contributed by atoms with van der Waals surface area (Å²) >= 11 is 0. The Morgan fingerprint density at radius 1 is 1.42 bits per heavy atom. The first-order valence-electron chi connectivity index (χ1n) is 4.42. The highest BCUT2D eigenvalue weighted by Crippen LogP contribution is 2.19.